The van der Waals surface area contributed by atoms with Crippen LogP contribution in [-0.4, -0.2) is 103 Å². The highest BCUT2D eigenvalue weighted by Crippen LogP contribution is 2.38. The van der Waals surface area contributed by atoms with Gasteiger partial charge in [-0.15, -0.1) is 0 Å². The first kappa shape index (κ1) is 44.3. The van der Waals surface area contributed by atoms with Gasteiger partial charge in [-0.2, -0.15) is 0 Å². The number of rotatable bonds is 9. The molecule has 0 spiro atoms. The highest BCUT2D eigenvalue weighted by atomic mass is 16.5. The summed E-state index contributed by atoms with van der Waals surface area (Å²) in [6.45, 7) is 13.5. The fraction of sp³-hybridized carbons (Fsp3) is 0.260. The maximum absolute atomic E-state index is 11.9. The Morgan fingerprint density at radius 1 is 0.646 bits per heavy atom. The number of carbonyl (C=O) groups excluding carboxylic acids is 1. The molecule has 0 saturated carbocycles. The van der Waals surface area contributed by atoms with E-state index in [0.717, 1.165) is 92.6 Å². The summed E-state index contributed by atoms with van der Waals surface area (Å²) in [7, 11) is 0. The van der Waals surface area contributed by atoms with Crippen molar-refractivity contribution in [3.63, 3.8) is 0 Å². The average Bonchev–Trinajstić information content (AvgIpc) is 3.33. The minimum atomic E-state index is -0.0875. The Hall–Kier alpha value is -7.33. The third kappa shape index (κ3) is 9.34. The first-order valence-corrected chi connectivity index (χ1v) is 21.3. The van der Waals surface area contributed by atoms with Gasteiger partial charge < -0.3 is 39.7 Å². The Morgan fingerprint density at radius 2 is 1.11 bits per heavy atom. The summed E-state index contributed by atoms with van der Waals surface area (Å²) < 4.78 is 12.7. The normalized spacial score (nSPS) is 13.9. The van der Waals surface area contributed by atoms with E-state index in [-0.39, 0.29) is 26.5 Å². The van der Waals surface area contributed by atoms with E-state index in [1.807, 2.05) is 98.8 Å². The molecule has 15 nitrogen and oxygen atoms in total. The molecule has 332 valence electrons. The second-order valence-electron chi connectivity index (χ2n) is 15.7. The smallest absolute Gasteiger partial charge is 0.246 e. The van der Waals surface area contributed by atoms with Gasteiger partial charge in [0.15, 0.2) is 0 Å². The molecule has 0 atom stereocenters. The number of benzene rings is 4. The molecule has 2 aliphatic rings. The number of hydrogen-bond acceptors (Lipinski definition) is 14. The molecule has 2 saturated heterocycles. The third-order valence-electron chi connectivity index (χ3n) is 11.4. The van der Waals surface area contributed by atoms with E-state index in [9.17, 15) is 15.0 Å². The van der Waals surface area contributed by atoms with E-state index in [4.69, 9.17) is 9.47 Å². The van der Waals surface area contributed by atoms with Crippen molar-refractivity contribution in [3.05, 3.63) is 133 Å². The number of aliphatic hydroxyl groups is 2. The molecule has 10 rings (SSSR count). The van der Waals surface area contributed by atoms with Crippen LogP contribution >= 0.6 is 0 Å². The molecule has 0 unspecified atom stereocenters. The topological polar surface area (TPSA) is 175 Å². The molecule has 0 radical (unpaired) electrons. The monoisotopic (exact) mass is 872 g/mol. The maximum atomic E-state index is 11.9. The summed E-state index contributed by atoms with van der Waals surface area (Å²) >= 11 is 0. The zero-order valence-corrected chi connectivity index (χ0v) is 35.7. The number of aliphatic hydroxyl groups excluding tert-OH is 2. The number of nitrogens with zero attached hydrogens (tertiary/aromatic N) is 9. The minimum absolute atomic E-state index is 0. The number of nitrogens with one attached hydrogen (secondary N) is 1. The molecular weight excluding hydrogens is 821 g/mol. The highest BCUT2D eigenvalue weighted by molar-refractivity contribution is 5.96. The standard InChI is InChI=1S/C26H25N5O3.C23H23N5O2.CH4/c1-3-23(33)30-8-10-31(11-9-30)25-21-12-17(2)29-26(24(21)27-16-28-25)34-22-14-18(15-32)13-19-6-4-5-7-20(19)22;1-15-10-19-21(25-14-26-22(19)28-8-6-24-7-9-28)23(27-15)30-20-12-16(13-29)11-17-4-2-3-5-18(17)20;/h3-7,12-14,16,32H,1,8-11,15H2,2H3;2-5,10-12,14,24,29H,6-9,13H2,1H3;1H4. The van der Waals surface area contributed by atoms with Crippen LogP contribution in [0.3, 0.4) is 0 Å². The van der Waals surface area contributed by atoms with Gasteiger partial charge in [-0.05, 0) is 78.2 Å². The second kappa shape index (κ2) is 19.6. The van der Waals surface area contributed by atoms with Crippen molar-refractivity contribution in [2.45, 2.75) is 34.5 Å². The Balaban J connectivity index is 0.000000176. The largest absolute Gasteiger partial charge is 0.436 e. The number of piperazine rings is 2. The first-order valence-electron chi connectivity index (χ1n) is 21.3. The molecule has 2 fully saturated rings. The van der Waals surface area contributed by atoms with Crippen molar-refractivity contribution >= 4 is 60.9 Å². The SMILES string of the molecule is C.C=CC(=O)N1CCN(c2ncnc3c(Oc4cc(CO)cc5ccccc45)nc(C)cc23)CC1.Cc1cc2c(N3CCNCC3)ncnc2c(Oc2cc(CO)cc3ccccc23)n1. The summed E-state index contributed by atoms with van der Waals surface area (Å²) in [6, 6.07) is 27.4. The van der Waals surface area contributed by atoms with Gasteiger partial charge >= 0.3 is 0 Å². The van der Waals surface area contributed by atoms with E-state index >= 15 is 0 Å². The lowest BCUT2D eigenvalue weighted by Gasteiger charge is -2.35. The number of hydrogen-bond donors (Lipinski definition) is 3. The van der Waals surface area contributed by atoms with Crippen molar-refractivity contribution in [2.24, 2.45) is 0 Å². The van der Waals surface area contributed by atoms with Gasteiger partial charge in [-0.3, -0.25) is 4.79 Å². The van der Waals surface area contributed by atoms with Crippen LogP contribution in [0.4, 0.5) is 11.6 Å². The summed E-state index contributed by atoms with van der Waals surface area (Å²) in [5.41, 5.74) is 4.46. The lowest BCUT2D eigenvalue weighted by molar-refractivity contribution is -0.126. The molecule has 3 N–H and O–H groups in total. The van der Waals surface area contributed by atoms with Crippen LogP contribution in [0.2, 0.25) is 0 Å². The number of carbonyl (C=O) groups is 1. The number of aryl methyl sites for hydroxylation is 2. The number of anilines is 2. The average molecular weight is 873 g/mol. The van der Waals surface area contributed by atoms with Crippen LogP contribution in [0.25, 0.3) is 43.4 Å². The molecule has 1 amide bonds. The van der Waals surface area contributed by atoms with Crippen LogP contribution in [-0.2, 0) is 18.0 Å². The van der Waals surface area contributed by atoms with Crippen LogP contribution in [0, 0.1) is 13.8 Å². The summed E-state index contributed by atoms with van der Waals surface area (Å²) in [5, 5.41) is 28.4. The molecule has 0 aliphatic carbocycles. The van der Waals surface area contributed by atoms with E-state index < -0.39 is 0 Å². The highest BCUT2D eigenvalue weighted by Gasteiger charge is 2.24. The van der Waals surface area contributed by atoms with Crippen molar-refractivity contribution < 1.29 is 24.5 Å². The summed E-state index contributed by atoms with van der Waals surface area (Å²) in [6.07, 6.45) is 4.45. The van der Waals surface area contributed by atoms with E-state index in [2.05, 4.69) is 51.6 Å². The van der Waals surface area contributed by atoms with Gasteiger partial charge in [0.05, 0.1) is 24.0 Å². The lowest BCUT2D eigenvalue weighted by atomic mass is 10.1. The molecule has 15 heteroatoms. The Bertz CT molecular complexity index is 3020. The molecule has 4 aromatic carbocycles. The maximum Gasteiger partial charge on any atom is 0.246 e. The number of ether oxygens (including phenoxy) is 2. The number of fused-ring (bicyclic) bond motifs is 4. The van der Waals surface area contributed by atoms with Crippen LogP contribution in [0.1, 0.15) is 29.9 Å². The number of amides is 1. The van der Waals surface area contributed by atoms with Crippen LogP contribution < -0.4 is 24.6 Å². The van der Waals surface area contributed by atoms with Gasteiger partial charge in [-0.1, -0.05) is 62.5 Å². The van der Waals surface area contributed by atoms with Crippen molar-refractivity contribution in [1.82, 2.24) is 40.1 Å². The molecule has 6 heterocycles. The summed E-state index contributed by atoms with van der Waals surface area (Å²) in [4.78, 5) is 45.6. The molecular formula is C50H52N10O5. The number of aromatic nitrogens is 6. The summed E-state index contributed by atoms with van der Waals surface area (Å²) in [5.74, 6) is 3.74. The predicted molar refractivity (Wildman–Crippen MR) is 255 cm³/mol. The fourth-order valence-corrected chi connectivity index (χ4v) is 8.31. The van der Waals surface area contributed by atoms with E-state index in [0.29, 0.717) is 60.5 Å². The van der Waals surface area contributed by atoms with Gasteiger partial charge in [0.1, 0.15) is 46.8 Å². The zero-order chi connectivity index (χ0) is 44.2. The van der Waals surface area contributed by atoms with Gasteiger partial charge in [-0.25, -0.2) is 29.9 Å². The first-order chi connectivity index (χ1) is 31.3. The van der Waals surface area contributed by atoms with Crippen molar-refractivity contribution in [1.29, 1.82) is 0 Å². The van der Waals surface area contributed by atoms with Crippen molar-refractivity contribution in [2.75, 3.05) is 62.2 Å². The van der Waals surface area contributed by atoms with Gasteiger partial charge in [0.2, 0.25) is 17.7 Å². The third-order valence-corrected chi connectivity index (χ3v) is 11.4. The second-order valence-corrected chi connectivity index (χ2v) is 15.7. The number of pyridine rings is 2. The van der Waals surface area contributed by atoms with E-state index in [1.165, 1.54) is 12.4 Å². The molecule has 2 aliphatic heterocycles. The zero-order valence-electron chi connectivity index (χ0n) is 35.7. The van der Waals surface area contributed by atoms with Gasteiger partial charge in [0, 0.05) is 74.5 Å². The lowest BCUT2D eigenvalue weighted by Crippen LogP contribution is -2.48. The van der Waals surface area contributed by atoms with Crippen LogP contribution in [0.5, 0.6) is 23.3 Å². The predicted octanol–water partition coefficient (Wildman–Crippen LogP) is 7.42. The Morgan fingerprint density at radius 3 is 1.57 bits per heavy atom. The molecule has 0 bridgehead atoms. The van der Waals surface area contributed by atoms with Crippen LogP contribution in [0.15, 0.2) is 110 Å². The Kier molecular flexibility index (Phi) is 13.4. The Labute approximate surface area is 377 Å². The quantitative estimate of drug-likeness (QED) is 0.122. The van der Waals surface area contributed by atoms with Crippen molar-refractivity contribution in [3.8, 4) is 23.3 Å². The molecule has 65 heavy (non-hydrogen) atoms. The molecule has 4 aromatic heterocycles. The molecule has 8 aromatic rings. The minimum Gasteiger partial charge on any atom is -0.436 e. The fourth-order valence-electron chi connectivity index (χ4n) is 8.31. The van der Waals surface area contributed by atoms with E-state index in [1.54, 1.807) is 11.2 Å². The van der Waals surface area contributed by atoms with Gasteiger partial charge in [0.25, 0.3) is 0 Å².